The summed E-state index contributed by atoms with van der Waals surface area (Å²) in [6, 6.07) is 7.74. The fourth-order valence-corrected chi connectivity index (χ4v) is 2.86. The van der Waals surface area contributed by atoms with Gasteiger partial charge < -0.3 is 20.3 Å². The van der Waals surface area contributed by atoms with Crippen molar-refractivity contribution in [2.45, 2.75) is 31.5 Å². The zero-order valence-corrected chi connectivity index (χ0v) is 13.7. The highest BCUT2D eigenvalue weighted by atomic mass is 16.6. The third-order valence-electron chi connectivity index (χ3n) is 4.16. The van der Waals surface area contributed by atoms with Crippen LogP contribution in [0.3, 0.4) is 0 Å². The van der Waals surface area contributed by atoms with E-state index in [2.05, 4.69) is 4.98 Å². The minimum absolute atomic E-state index is 0.0106. The largest absolute Gasteiger partial charge is 0.394 e. The third kappa shape index (κ3) is 3.72. The first-order valence-corrected chi connectivity index (χ1v) is 7.94. The van der Waals surface area contributed by atoms with Crippen LogP contribution in [-0.4, -0.2) is 38.4 Å². The first kappa shape index (κ1) is 18.0. The van der Waals surface area contributed by atoms with E-state index >= 15 is 0 Å². The topological polar surface area (TPSA) is 143 Å². The van der Waals surface area contributed by atoms with Crippen molar-refractivity contribution < 1.29 is 19.5 Å². The zero-order valence-electron chi connectivity index (χ0n) is 13.7. The van der Waals surface area contributed by atoms with Gasteiger partial charge in [-0.15, -0.1) is 0 Å². The lowest BCUT2D eigenvalue weighted by molar-refractivity contribution is -0.386. The Bertz CT molecular complexity index is 855. The summed E-state index contributed by atoms with van der Waals surface area (Å²) in [5.74, 6) is 0.104. The van der Waals surface area contributed by atoms with E-state index in [0.29, 0.717) is 5.56 Å². The van der Waals surface area contributed by atoms with Gasteiger partial charge in [0.15, 0.2) is 0 Å². The number of nitrogen functional groups attached to an aromatic ring is 1. The summed E-state index contributed by atoms with van der Waals surface area (Å²) >= 11 is 0. The zero-order chi connectivity index (χ0) is 18.7. The highest BCUT2D eigenvalue weighted by molar-refractivity contribution is 5.39. The molecule has 0 spiro atoms. The van der Waals surface area contributed by atoms with Crippen molar-refractivity contribution in [3.8, 4) is 0 Å². The first-order valence-electron chi connectivity index (χ1n) is 7.94. The number of ether oxygens (including phenoxy) is 2. The molecule has 2 heterocycles. The molecule has 1 saturated heterocycles. The summed E-state index contributed by atoms with van der Waals surface area (Å²) in [6.07, 6.45) is -0.101. The Balaban J connectivity index is 1.72. The number of para-hydroxylation sites is 1. The molecule has 0 unspecified atom stereocenters. The Morgan fingerprint density at radius 3 is 2.88 bits per heavy atom. The van der Waals surface area contributed by atoms with E-state index in [1.807, 2.05) is 0 Å². The smallest absolute Gasteiger partial charge is 0.351 e. The van der Waals surface area contributed by atoms with Gasteiger partial charge in [0, 0.05) is 18.7 Å². The average molecular weight is 362 g/mol. The Kier molecular flexibility index (Phi) is 5.26. The van der Waals surface area contributed by atoms with Gasteiger partial charge in [-0.3, -0.25) is 14.7 Å². The third-order valence-corrected chi connectivity index (χ3v) is 4.16. The number of nitrogens with zero attached hydrogens (tertiary/aromatic N) is 3. The van der Waals surface area contributed by atoms with Gasteiger partial charge in [-0.25, -0.2) is 4.79 Å². The molecule has 1 fully saturated rings. The van der Waals surface area contributed by atoms with Gasteiger partial charge in [-0.2, -0.15) is 4.98 Å². The minimum Gasteiger partial charge on any atom is -0.394 e. The van der Waals surface area contributed by atoms with Crippen LogP contribution >= 0.6 is 0 Å². The summed E-state index contributed by atoms with van der Waals surface area (Å²) in [7, 11) is 0. The van der Waals surface area contributed by atoms with Crippen molar-refractivity contribution in [1.29, 1.82) is 0 Å². The van der Waals surface area contributed by atoms with Crippen LogP contribution in [0.4, 0.5) is 11.5 Å². The second kappa shape index (κ2) is 7.60. The molecule has 1 aromatic heterocycles. The predicted octanol–water partition coefficient (Wildman–Crippen LogP) is 0.599. The van der Waals surface area contributed by atoms with Crippen LogP contribution in [-0.2, 0) is 16.1 Å². The fourth-order valence-electron chi connectivity index (χ4n) is 2.86. The van der Waals surface area contributed by atoms with Gasteiger partial charge in [-0.05, 0) is 12.1 Å². The van der Waals surface area contributed by atoms with Crippen LogP contribution in [0.5, 0.6) is 0 Å². The number of benzene rings is 1. The van der Waals surface area contributed by atoms with Crippen molar-refractivity contribution in [2.24, 2.45) is 0 Å². The van der Waals surface area contributed by atoms with E-state index < -0.39 is 29.0 Å². The Hall–Kier alpha value is -2.82. The molecule has 26 heavy (non-hydrogen) atoms. The SMILES string of the molecule is Nc1ccn([C@H]2C[C@H](OCc3ccccc3[N+](=O)[O-])[C@@H](CO)O2)c(=O)n1. The number of hydrogen-bond donors (Lipinski definition) is 2. The Morgan fingerprint density at radius 2 is 2.19 bits per heavy atom. The van der Waals surface area contributed by atoms with E-state index in [-0.39, 0.29) is 31.1 Å². The molecule has 3 rings (SSSR count). The van der Waals surface area contributed by atoms with Crippen LogP contribution in [0.15, 0.2) is 41.3 Å². The quantitative estimate of drug-likeness (QED) is 0.562. The molecule has 2 aromatic rings. The average Bonchev–Trinajstić information content (AvgIpc) is 3.03. The predicted molar refractivity (Wildman–Crippen MR) is 90.2 cm³/mol. The van der Waals surface area contributed by atoms with Crippen LogP contribution in [0, 0.1) is 10.1 Å². The first-order chi connectivity index (χ1) is 12.5. The molecular weight excluding hydrogens is 344 g/mol. The van der Waals surface area contributed by atoms with Crippen LogP contribution in [0.25, 0.3) is 0 Å². The molecule has 0 radical (unpaired) electrons. The number of anilines is 1. The molecule has 0 saturated carbocycles. The second-order valence-corrected chi connectivity index (χ2v) is 5.82. The van der Waals surface area contributed by atoms with Crippen molar-refractivity contribution >= 4 is 11.5 Å². The van der Waals surface area contributed by atoms with Crippen molar-refractivity contribution in [3.63, 3.8) is 0 Å². The number of nitro benzene ring substituents is 1. The molecule has 10 heteroatoms. The lowest BCUT2D eigenvalue weighted by Gasteiger charge is -2.16. The Labute approximate surface area is 147 Å². The molecule has 1 aromatic carbocycles. The second-order valence-electron chi connectivity index (χ2n) is 5.82. The minimum atomic E-state index is -0.663. The number of aliphatic hydroxyl groups is 1. The molecule has 3 N–H and O–H groups in total. The summed E-state index contributed by atoms with van der Waals surface area (Å²) in [6.45, 7) is -0.321. The molecule has 0 amide bonds. The molecule has 3 atom stereocenters. The maximum Gasteiger partial charge on any atom is 0.351 e. The molecular formula is C16H18N4O6. The van der Waals surface area contributed by atoms with E-state index in [9.17, 15) is 20.0 Å². The Morgan fingerprint density at radius 1 is 1.42 bits per heavy atom. The lowest BCUT2D eigenvalue weighted by Crippen LogP contribution is -2.28. The number of aromatic nitrogens is 2. The molecule has 138 valence electrons. The van der Waals surface area contributed by atoms with Crippen molar-refractivity contribution in [2.75, 3.05) is 12.3 Å². The number of nitrogens with two attached hydrogens (primary N) is 1. The number of hydrogen-bond acceptors (Lipinski definition) is 8. The fraction of sp³-hybridized carbons (Fsp3) is 0.375. The maximum atomic E-state index is 11.9. The monoisotopic (exact) mass is 362 g/mol. The van der Waals surface area contributed by atoms with Crippen LogP contribution < -0.4 is 11.4 Å². The van der Waals surface area contributed by atoms with Crippen molar-refractivity contribution in [3.05, 3.63) is 62.7 Å². The van der Waals surface area contributed by atoms with Gasteiger partial charge in [0.05, 0.1) is 29.8 Å². The summed E-state index contributed by atoms with van der Waals surface area (Å²) in [5, 5.41) is 20.6. The van der Waals surface area contributed by atoms with E-state index in [1.54, 1.807) is 18.2 Å². The van der Waals surface area contributed by atoms with Crippen molar-refractivity contribution in [1.82, 2.24) is 9.55 Å². The lowest BCUT2D eigenvalue weighted by atomic mass is 10.1. The highest BCUT2D eigenvalue weighted by Crippen LogP contribution is 2.31. The van der Waals surface area contributed by atoms with Gasteiger partial charge in [0.2, 0.25) is 0 Å². The molecule has 0 aliphatic carbocycles. The van der Waals surface area contributed by atoms with E-state index in [4.69, 9.17) is 15.2 Å². The maximum absolute atomic E-state index is 11.9. The molecule has 1 aliphatic rings. The molecule has 10 nitrogen and oxygen atoms in total. The molecule has 0 bridgehead atoms. The number of aliphatic hydroxyl groups excluding tert-OH is 1. The summed E-state index contributed by atoms with van der Waals surface area (Å²) in [4.78, 5) is 26.2. The van der Waals surface area contributed by atoms with Crippen LogP contribution in [0.1, 0.15) is 18.2 Å². The molecule has 1 aliphatic heterocycles. The van der Waals surface area contributed by atoms with Gasteiger partial charge >= 0.3 is 5.69 Å². The summed E-state index contributed by atoms with van der Waals surface area (Å²) in [5.41, 5.74) is 5.29. The van der Waals surface area contributed by atoms with Crippen LogP contribution in [0.2, 0.25) is 0 Å². The normalized spacial score (nSPS) is 22.4. The van der Waals surface area contributed by atoms with E-state index in [0.717, 1.165) is 0 Å². The number of rotatable bonds is 6. The highest BCUT2D eigenvalue weighted by Gasteiger charge is 2.37. The van der Waals surface area contributed by atoms with E-state index in [1.165, 1.54) is 22.9 Å². The number of nitro groups is 1. The van der Waals surface area contributed by atoms with Gasteiger partial charge in [-0.1, -0.05) is 12.1 Å². The summed E-state index contributed by atoms with van der Waals surface area (Å²) < 4.78 is 12.7. The van der Waals surface area contributed by atoms with Gasteiger partial charge in [0.1, 0.15) is 18.1 Å². The van der Waals surface area contributed by atoms with Gasteiger partial charge in [0.25, 0.3) is 5.69 Å². The standard InChI is InChI=1S/C16H18N4O6/c17-14-5-6-19(16(22)18-14)15-7-12(13(8-21)26-15)25-9-10-3-1-2-4-11(10)20(23)24/h1-6,12-13,15,21H,7-9H2,(H2,17,18,22)/t12-,13+,15+/m0/s1.